The molecule has 0 atom stereocenters. The highest BCUT2D eigenvalue weighted by atomic mass is 32.2. The molecule has 0 saturated carbocycles. The summed E-state index contributed by atoms with van der Waals surface area (Å²) in [4.78, 5) is 24.4. The van der Waals surface area contributed by atoms with Gasteiger partial charge >= 0.3 is 10.2 Å². The first-order valence-corrected chi connectivity index (χ1v) is 7.32. The van der Waals surface area contributed by atoms with E-state index >= 15 is 0 Å². The second-order valence-corrected chi connectivity index (χ2v) is 5.94. The number of hydrogen-bond acceptors (Lipinski definition) is 4. The van der Waals surface area contributed by atoms with Crippen LogP contribution in [0.5, 0.6) is 0 Å². The Bertz CT molecular complexity index is 590. The van der Waals surface area contributed by atoms with Crippen LogP contribution < -0.4 is 10.0 Å². The maximum atomic E-state index is 11.7. The lowest BCUT2D eigenvalue weighted by atomic mass is 10.1. The normalized spacial score (nSPS) is 17.1. The van der Waals surface area contributed by atoms with Crippen molar-refractivity contribution >= 4 is 27.7 Å². The Morgan fingerprint density at radius 2 is 1.90 bits per heavy atom. The number of carbonyl (C=O) groups excluding carboxylic acids is 2. The van der Waals surface area contributed by atoms with Gasteiger partial charge in [-0.1, -0.05) is 0 Å². The fraction of sp³-hybridized carbons (Fsp3) is 0.545. The van der Waals surface area contributed by atoms with Gasteiger partial charge in [0.15, 0.2) is 0 Å². The van der Waals surface area contributed by atoms with Crippen molar-refractivity contribution in [3.8, 4) is 0 Å². The Labute approximate surface area is 118 Å². The molecule has 9 heteroatoms. The molecule has 112 valence electrons. The molecular formula is C11H18N4O4S. The molecule has 1 aliphatic rings. The van der Waals surface area contributed by atoms with E-state index in [1.54, 1.807) is 21.0 Å². The van der Waals surface area contributed by atoms with E-state index in [2.05, 4.69) is 14.4 Å². The molecule has 2 N–H and O–H groups in total. The summed E-state index contributed by atoms with van der Waals surface area (Å²) in [6.45, 7) is 2.98. The minimum atomic E-state index is -3.70. The quantitative estimate of drug-likeness (QED) is 0.706. The van der Waals surface area contributed by atoms with Crippen LogP contribution in [0.2, 0.25) is 0 Å². The zero-order valence-electron chi connectivity index (χ0n) is 11.8. The van der Waals surface area contributed by atoms with Crippen molar-refractivity contribution in [1.29, 1.82) is 0 Å². The van der Waals surface area contributed by atoms with Crippen LogP contribution in [0.1, 0.15) is 20.3 Å². The predicted molar refractivity (Wildman–Crippen MR) is 74.2 cm³/mol. The third kappa shape index (κ3) is 4.34. The fourth-order valence-corrected chi connectivity index (χ4v) is 2.63. The van der Waals surface area contributed by atoms with Crippen LogP contribution in [0.4, 0.5) is 0 Å². The molecule has 8 nitrogen and oxygen atoms in total. The third-order valence-electron chi connectivity index (χ3n) is 2.70. The van der Waals surface area contributed by atoms with Gasteiger partial charge in [-0.15, -0.1) is 4.40 Å². The zero-order valence-corrected chi connectivity index (χ0v) is 12.7. The van der Waals surface area contributed by atoms with Gasteiger partial charge < -0.3 is 10.2 Å². The van der Waals surface area contributed by atoms with Crippen molar-refractivity contribution in [3.05, 3.63) is 11.3 Å². The lowest BCUT2D eigenvalue weighted by Crippen LogP contribution is -2.37. The van der Waals surface area contributed by atoms with Gasteiger partial charge in [0.05, 0.1) is 18.7 Å². The number of carbonyl (C=O) groups is 2. The second kappa shape index (κ2) is 6.04. The monoisotopic (exact) mass is 302 g/mol. The molecule has 0 aliphatic carbocycles. The first-order chi connectivity index (χ1) is 9.12. The highest BCUT2D eigenvalue weighted by Gasteiger charge is 2.22. The van der Waals surface area contributed by atoms with Crippen LogP contribution in [0.3, 0.4) is 0 Å². The molecule has 0 aromatic rings. The highest BCUT2D eigenvalue weighted by Crippen LogP contribution is 2.16. The summed E-state index contributed by atoms with van der Waals surface area (Å²) in [6.07, 6.45) is -0.0373. The molecule has 1 rings (SSSR count). The average molecular weight is 302 g/mol. The standard InChI is InChI=1S/C11H18N4O4S/c1-7-9(8(2)14-20(18,19)13-7)5-10(16)12-6-11(17)15(3)4/h13H,5-6H2,1-4H3,(H,12,16). The number of rotatable bonds is 4. The van der Waals surface area contributed by atoms with Gasteiger partial charge in [0, 0.05) is 25.4 Å². The number of hydrogen-bond donors (Lipinski definition) is 2. The van der Waals surface area contributed by atoms with Crippen LogP contribution in [0.25, 0.3) is 0 Å². The molecule has 1 heterocycles. The number of nitrogens with zero attached hydrogens (tertiary/aromatic N) is 2. The van der Waals surface area contributed by atoms with Crippen LogP contribution in [-0.4, -0.2) is 51.5 Å². The highest BCUT2D eigenvalue weighted by molar-refractivity contribution is 7.88. The number of likely N-dealkylation sites (N-methyl/N-ethyl adjacent to an activating group) is 1. The van der Waals surface area contributed by atoms with Gasteiger partial charge in [0.1, 0.15) is 0 Å². The van der Waals surface area contributed by atoms with Gasteiger partial charge in [-0.2, -0.15) is 8.42 Å². The van der Waals surface area contributed by atoms with Gasteiger partial charge in [0.25, 0.3) is 0 Å². The van der Waals surface area contributed by atoms with Crippen molar-refractivity contribution in [2.24, 2.45) is 4.40 Å². The largest absolute Gasteiger partial charge is 0.347 e. The van der Waals surface area contributed by atoms with Crippen LogP contribution in [-0.2, 0) is 19.8 Å². The van der Waals surface area contributed by atoms with E-state index in [1.165, 1.54) is 11.8 Å². The van der Waals surface area contributed by atoms with Crippen molar-refractivity contribution in [2.45, 2.75) is 20.3 Å². The summed E-state index contributed by atoms with van der Waals surface area (Å²) in [5.74, 6) is -0.594. The maximum absolute atomic E-state index is 11.7. The second-order valence-electron chi connectivity index (χ2n) is 4.60. The fourth-order valence-electron chi connectivity index (χ4n) is 1.60. The van der Waals surface area contributed by atoms with E-state index in [0.29, 0.717) is 11.3 Å². The first-order valence-electron chi connectivity index (χ1n) is 5.88. The van der Waals surface area contributed by atoms with E-state index < -0.39 is 10.2 Å². The van der Waals surface area contributed by atoms with E-state index in [9.17, 15) is 18.0 Å². The van der Waals surface area contributed by atoms with Crippen molar-refractivity contribution in [3.63, 3.8) is 0 Å². The summed E-state index contributed by atoms with van der Waals surface area (Å²) in [5.41, 5.74) is 1.15. The number of allylic oxidation sites excluding steroid dienone is 1. The molecule has 0 radical (unpaired) electrons. The molecular weight excluding hydrogens is 284 g/mol. The average Bonchev–Trinajstić information content (AvgIpc) is 2.29. The Balaban J connectivity index is 2.68. The molecule has 0 bridgehead atoms. The van der Waals surface area contributed by atoms with Gasteiger partial charge in [-0.25, -0.2) is 0 Å². The lowest BCUT2D eigenvalue weighted by molar-refractivity contribution is -0.130. The molecule has 0 aromatic carbocycles. The summed E-state index contributed by atoms with van der Waals surface area (Å²) in [7, 11) is -0.517. The van der Waals surface area contributed by atoms with Gasteiger partial charge in [0.2, 0.25) is 11.8 Å². The van der Waals surface area contributed by atoms with Gasteiger partial charge in [-0.05, 0) is 13.8 Å². The molecule has 2 amide bonds. The van der Waals surface area contributed by atoms with Crippen molar-refractivity contribution in [2.75, 3.05) is 20.6 Å². The SMILES string of the molecule is CC1=NS(=O)(=O)NC(C)=C1CC(=O)NCC(=O)N(C)C. The number of nitrogens with one attached hydrogen (secondary N) is 2. The molecule has 0 spiro atoms. The van der Waals surface area contributed by atoms with E-state index in [1.807, 2.05) is 0 Å². The minimum absolute atomic E-state index is 0.0373. The Morgan fingerprint density at radius 1 is 1.30 bits per heavy atom. The van der Waals surface area contributed by atoms with Crippen molar-refractivity contribution in [1.82, 2.24) is 14.9 Å². The summed E-state index contributed by atoms with van der Waals surface area (Å²) in [6, 6.07) is 0. The Morgan fingerprint density at radius 3 is 2.40 bits per heavy atom. The number of amides is 2. The molecule has 0 fully saturated rings. The van der Waals surface area contributed by atoms with Crippen LogP contribution in [0.15, 0.2) is 15.7 Å². The van der Waals surface area contributed by atoms with E-state index in [0.717, 1.165) is 0 Å². The lowest BCUT2D eigenvalue weighted by Gasteiger charge is -2.18. The molecule has 0 aromatic heterocycles. The summed E-state index contributed by atoms with van der Waals surface area (Å²) < 4.78 is 28.3. The topological polar surface area (TPSA) is 108 Å². The summed E-state index contributed by atoms with van der Waals surface area (Å²) in [5, 5.41) is 2.48. The summed E-state index contributed by atoms with van der Waals surface area (Å²) >= 11 is 0. The van der Waals surface area contributed by atoms with Gasteiger partial charge in [-0.3, -0.25) is 14.3 Å². The van der Waals surface area contributed by atoms with E-state index in [4.69, 9.17) is 0 Å². The maximum Gasteiger partial charge on any atom is 0.342 e. The van der Waals surface area contributed by atoms with E-state index in [-0.39, 0.29) is 30.5 Å². The molecule has 0 saturated heterocycles. The molecule has 1 aliphatic heterocycles. The van der Waals surface area contributed by atoms with Crippen LogP contribution in [0, 0.1) is 0 Å². The minimum Gasteiger partial charge on any atom is -0.347 e. The van der Waals surface area contributed by atoms with Crippen molar-refractivity contribution < 1.29 is 18.0 Å². The smallest absolute Gasteiger partial charge is 0.342 e. The molecule has 0 unspecified atom stereocenters. The third-order valence-corrected chi connectivity index (χ3v) is 3.78. The Hall–Kier alpha value is -1.90. The Kier molecular flexibility index (Phi) is 4.88. The molecule has 20 heavy (non-hydrogen) atoms. The predicted octanol–water partition coefficient (Wildman–Crippen LogP) is -0.836. The van der Waals surface area contributed by atoms with Crippen LogP contribution >= 0.6 is 0 Å². The zero-order chi connectivity index (χ0) is 15.5. The first kappa shape index (κ1) is 16.2.